The minimum Gasteiger partial charge on any atom is -0.481 e. The average Bonchev–Trinajstić information content (AvgIpc) is 3.07. The Bertz CT molecular complexity index is 880. The van der Waals surface area contributed by atoms with Crippen LogP contribution in [0.25, 0.3) is 10.1 Å². The average molecular weight is 386 g/mol. The highest BCUT2D eigenvalue weighted by molar-refractivity contribution is 7.19. The third-order valence-electron chi connectivity index (χ3n) is 5.14. The van der Waals surface area contributed by atoms with Crippen LogP contribution in [0.1, 0.15) is 29.3 Å². The van der Waals surface area contributed by atoms with E-state index in [0.29, 0.717) is 12.8 Å². The van der Waals surface area contributed by atoms with Crippen LogP contribution in [0.2, 0.25) is 5.02 Å². The van der Waals surface area contributed by atoms with Gasteiger partial charge in [-0.15, -0.1) is 11.3 Å². The fourth-order valence-electron chi connectivity index (χ4n) is 3.74. The number of hydrogen-bond acceptors (Lipinski definition) is 3. The number of piperidine rings is 1. The van der Waals surface area contributed by atoms with Crippen molar-refractivity contribution in [3.63, 3.8) is 0 Å². The van der Waals surface area contributed by atoms with Gasteiger partial charge in [0, 0.05) is 14.6 Å². The molecule has 0 aliphatic carbocycles. The van der Waals surface area contributed by atoms with Crippen molar-refractivity contribution >= 4 is 39.0 Å². The molecule has 0 amide bonds. The third kappa shape index (κ3) is 3.50. The van der Waals surface area contributed by atoms with Crippen LogP contribution in [0.5, 0.6) is 0 Å². The first-order valence-electron chi connectivity index (χ1n) is 8.82. The number of benzene rings is 2. The number of aliphatic carboxylic acids is 1. The summed E-state index contributed by atoms with van der Waals surface area (Å²) in [5.74, 6) is -0.894. The van der Waals surface area contributed by atoms with Crippen molar-refractivity contribution < 1.29 is 9.90 Å². The van der Waals surface area contributed by atoms with E-state index in [2.05, 4.69) is 47.4 Å². The Morgan fingerprint density at radius 1 is 1.12 bits per heavy atom. The van der Waals surface area contributed by atoms with Gasteiger partial charge in [-0.25, -0.2) is 0 Å². The van der Waals surface area contributed by atoms with Crippen LogP contribution < -0.4 is 0 Å². The van der Waals surface area contributed by atoms with Gasteiger partial charge in [0.25, 0.3) is 0 Å². The highest BCUT2D eigenvalue weighted by atomic mass is 35.5. The summed E-state index contributed by atoms with van der Waals surface area (Å²) in [6, 6.07) is 18.9. The number of hydrogen-bond donors (Lipinski definition) is 1. The zero-order chi connectivity index (χ0) is 18.1. The lowest BCUT2D eigenvalue weighted by Gasteiger charge is -2.36. The molecule has 1 aliphatic rings. The Labute approximate surface area is 161 Å². The van der Waals surface area contributed by atoms with Crippen LogP contribution >= 0.6 is 22.9 Å². The predicted octanol–water partition coefficient (Wildman–Crippen LogP) is 5.44. The molecule has 2 heterocycles. The van der Waals surface area contributed by atoms with Gasteiger partial charge in [-0.05, 0) is 61.1 Å². The molecular weight excluding hydrogens is 366 g/mol. The summed E-state index contributed by atoms with van der Waals surface area (Å²) >= 11 is 7.90. The molecule has 3 aromatic rings. The molecule has 0 radical (unpaired) electrons. The second-order valence-corrected chi connectivity index (χ2v) is 8.34. The van der Waals surface area contributed by atoms with E-state index in [-0.39, 0.29) is 12.0 Å². The largest absolute Gasteiger partial charge is 0.481 e. The molecule has 0 bridgehead atoms. The van der Waals surface area contributed by atoms with Gasteiger partial charge >= 0.3 is 5.97 Å². The molecule has 3 nitrogen and oxygen atoms in total. The molecule has 1 N–H and O–H groups in total. The maximum absolute atomic E-state index is 11.3. The van der Waals surface area contributed by atoms with Gasteiger partial charge in [-0.3, -0.25) is 9.69 Å². The number of carboxylic acids is 1. The van der Waals surface area contributed by atoms with Crippen LogP contribution in [-0.2, 0) is 4.79 Å². The van der Waals surface area contributed by atoms with Crippen molar-refractivity contribution in [2.45, 2.75) is 18.9 Å². The van der Waals surface area contributed by atoms with Crippen LogP contribution in [0, 0.1) is 5.92 Å². The maximum atomic E-state index is 11.3. The van der Waals surface area contributed by atoms with E-state index in [4.69, 9.17) is 11.6 Å². The summed E-state index contributed by atoms with van der Waals surface area (Å²) in [7, 11) is 0. The van der Waals surface area contributed by atoms with E-state index in [1.807, 2.05) is 23.5 Å². The molecule has 134 valence electrons. The van der Waals surface area contributed by atoms with Crippen molar-refractivity contribution in [2.75, 3.05) is 13.1 Å². The summed E-state index contributed by atoms with van der Waals surface area (Å²) in [6.45, 7) is 1.58. The number of carbonyl (C=O) groups is 1. The lowest BCUT2D eigenvalue weighted by molar-refractivity contribution is -0.143. The Kier molecular flexibility index (Phi) is 4.98. The predicted molar refractivity (Wildman–Crippen MR) is 107 cm³/mol. The topological polar surface area (TPSA) is 40.5 Å². The summed E-state index contributed by atoms with van der Waals surface area (Å²) in [4.78, 5) is 15.0. The monoisotopic (exact) mass is 385 g/mol. The Balaban J connectivity index is 1.70. The first kappa shape index (κ1) is 17.5. The normalized spacial score (nSPS) is 17.4. The van der Waals surface area contributed by atoms with Crippen LogP contribution in [-0.4, -0.2) is 29.1 Å². The number of carboxylic acid groups (broad SMARTS) is 1. The quantitative estimate of drug-likeness (QED) is 0.650. The van der Waals surface area contributed by atoms with Gasteiger partial charge in [-0.1, -0.05) is 41.9 Å². The first-order valence-corrected chi connectivity index (χ1v) is 10.0. The van der Waals surface area contributed by atoms with Gasteiger partial charge in [0.2, 0.25) is 0 Å². The lowest BCUT2D eigenvalue weighted by atomic mass is 9.93. The van der Waals surface area contributed by atoms with E-state index in [9.17, 15) is 9.90 Å². The third-order valence-corrected chi connectivity index (χ3v) is 6.56. The van der Waals surface area contributed by atoms with Crippen LogP contribution in [0.15, 0.2) is 54.6 Å². The van der Waals surface area contributed by atoms with Crippen LogP contribution in [0.4, 0.5) is 0 Å². The molecule has 1 saturated heterocycles. The molecule has 4 rings (SSSR count). The molecule has 26 heavy (non-hydrogen) atoms. The number of likely N-dealkylation sites (tertiary alicyclic amines) is 1. The highest BCUT2D eigenvalue weighted by Gasteiger charge is 2.31. The van der Waals surface area contributed by atoms with Gasteiger partial charge in [-0.2, -0.15) is 0 Å². The van der Waals surface area contributed by atoms with Crippen molar-refractivity contribution in [2.24, 2.45) is 5.92 Å². The molecular formula is C21H20ClNO2S. The van der Waals surface area contributed by atoms with E-state index in [0.717, 1.165) is 18.1 Å². The second-order valence-electron chi connectivity index (χ2n) is 6.79. The van der Waals surface area contributed by atoms with E-state index in [1.165, 1.54) is 20.5 Å². The molecule has 2 aromatic carbocycles. The zero-order valence-electron chi connectivity index (χ0n) is 14.3. The molecule has 1 aliphatic heterocycles. The Morgan fingerprint density at radius 3 is 2.46 bits per heavy atom. The Hall–Kier alpha value is -1.88. The smallest absolute Gasteiger partial charge is 0.306 e. The number of halogens is 1. The Morgan fingerprint density at radius 2 is 1.81 bits per heavy atom. The molecule has 0 saturated carbocycles. The minimum atomic E-state index is -0.672. The van der Waals surface area contributed by atoms with Gasteiger partial charge in [0.05, 0.1) is 12.0 Å². The van der Waals surface area contributed by atoms with Gasteiger partial charge < -0.3 is 5.11 Å². The first-order chi connectivity index (χ1) is 12.6. The number of fused-ring (bicyclic) bond motifs is 1. The van der Waals surface area contributed by atoms with Crippen LogP contribution in [0.3, 0.4) is 0 Å². The molecule has 0 spiro atoms. The fraction of sp³-hybridized carbons (Fsp3) is 0.286. The fourth-order valence-corrected chi connectivity index (χ4v) is 5.10. The van der Waals surface area contributed by atoms with Crippen molar-refractivity contribution in [1.82, 2.24) is 4.90 Å². The molecule has 1 atom stereocenters. The molecule has 1 unspecified atom stereocenters. The van der Waals surface area contributed by atoms with E-state index in [1.54, 1.807) is 0 Å². The van der Waals surface area contributed by atoms with E-state index >= 15 is 0 Å². The van der Waals surface area contributed by atoms with Gasteiger partial charge in [0.1, 0.15) is 0 Å². The minimum absolute atomic E-state index is 0.138. The summed E-state index contributed by atoms with van der Waals surface area (Å²) in [6.07, 6.45) is 1.40. The summed E-state index contributed by atoms with van der Waals surface area (Å²) in [5.41, 5.74) is 1.20. The second kappa shape index (κ2) is 7.39. The highest BCUT2D eigenvalue weighted by Crippen LogP contribution is 2.38. The summed E-state index contributed by atoms with van der Waals surface area (Å²) < 4.78 is 1.28. The number of nitrogens with zero attached hydrogens (tertiary/aromatic N) is 1. The number of thiophene rings is 1. The number of rotatable bonds is 4. The van der Waals surface area contributed by atoms with Gasteiger partial charge in [0.15, 0.2) is 0 Å². The SMILES string of the molecule is O=C(O)C1CCN(C(c2ccc(Cl)cc2)c2cc3ccccc3s2)CC1. The maximum Gasteiger partial charge on any atom is 0.306 e. The van der Waals surface area contributed by atoms with Crippen molar-refractivity contribution in [3.8, 4) is 0 Å². The van der Waals surface area contributed by atoms with Crippen molar-refractivity contribution in [3.05, 3.63) is 70.1 Å². The van der Waals surface area contributed by atoms with Crippen molar-refractivity contribution in [1.29, 1.82) is 0 Å². The molecule has 1 fully saturated rings. The van der Waals surface area contributed by atoms with E-state index < -0.39 is 5.97 Å². The zero-order valence-corrected chi connectivity index (χ0v) is 15.8. The molecule has 1 aromatic heterocycles. The standard InChI is InChI=1S/C21H20ClNO2S/c22-17-7-5-14(6-8-17)20(23-11-9-15(10-12-23)21(24)25)19-13-16-3-1-2-4-18(16)26-19/h1-8,13,15,20H,9-12H2,(H,24,25). The molecule has 5 heteroatoms. The lowest BCUT2D eigenvalue weighted by Crippen LogP contribution is -2.39. The summed E-state index contributed by atoms with van der Waals surface area (Å²) in [5, 5.41) is 11.3.